The van der Waals surface area contributed by atoms with E-state index in [1.807, 2.05) is 99.1 Å². The molecule has 4 rings (SSSR count). The smallest absolute Gasteiger partial charge is 0.227 e. The van der Waals surface area contributed by atoms with Crippen LogP contribution in [0.25, 0.3) is 5.69 Å². The first-order valence-corrected chi connectivity index (χ1v) is 12.3. The molecule has 2 aromatic heterocycles. The van der Waals surface area contributed by atoms with Crippen LogP contribution < -0.4 is 4.74 Å². The van der Waals surface area contributed by atoms with Gasteiger partial charge in [-0.2, -0.15) is 5.10 Å². The molecule has 4 aromatic rings. The summed E-state index contributed by atoms with van der Waals surface area (Å²) in [5.41, 5.74) is 3.84. The van der Waals surface area contributed by atoms with Gasteiger partial charge in [-0.05, 0) is 69.7 Å². The third kappa shape index (κ3) is 6.85. The van der Waals surface area contributed by atoms with Gasteiger partial charge in [-0.15, -0.1) is 0 Å². The maximum atomic E-state index is 10.7. The highest BCUT2D eigenvalue weighted by atomic mass is 16.5. The van der Waals surface area contributed by atoms with Gasteiger partial charge in [0.1, 0.15) is 11.5 Å². The number of aromatic nitrogens is 2. The molecule has 1 atom stereocenters. The van der Waals surface area contributed by atoms with E-state index in [0.29, 0.717) is 25.5 Å². The van der Waals surface area contributed by atoms with Gasteiger partial charge in [0.15, 0.2) is 0 Å². The maximum Gasteiger partial charge on any atom is 0.227 e. The Morgan fingerprint density at radius 3 is 2.50 bits per heavy atom. The van der Waals surface area contributed by atoms with Crippen LogP contribution in [0.1, 0.15) is 36.4 Å². The molecule has 0 aliphatic carbocycles. The van der Waals surface area contributed by atoms with E-state index in [0.717, 1.165) is 34.0 Å². The zero-order valence-electron chi connectivity index (χ0n) is 21.4. The molecule has 0 spiro atoms. The molecule has 2 heterocycles. The second kappa shape index (κ2) is 12.0. The molecule has 0 fully saturated rings. The molecule has 2 aromatic carbocycles. The zero-order chi connectivity index (χ0) is 25.5. The monoisotopic (exact) mass is 489 g/mol. The van der Waals surface area contributed by atoms with Crippen LogP contribution >= 0.6 is 0 Å². The van der Waals surface area contributed by atoms with Crippen LogP contribution in [-0.2, 0) is 17.8 Å². The van der Waals surface area contributed by atoms with E-state index >= 15 is 0 Å². The van der Waals surface area contributed by atoms with Gasteiger partial charge in [-0.25, -0.2) is 4.68 Å². The molecule has 0 amide bonds. The van der Waals surface area contributed by atoms with Gasteiger partial charge >= 0.3 is 0 Å². The summed E-state index contributed by atoms with van der Waals surface area (Å²) in [7, 11) is 0. The number of benzene rings is 2. The second-order valence-electron chi connectivity index (χ2n) is 9.32. The predicted molar refractivity (Wildman–Crippen MR) is 139 cm³/mol. The number of nitrogens with zero attached hydrogens (tertiary/aromatic N) is 3. The molecule has 190 valence electrons. The fourth-order valence-corrected chi connectivity index (χ4v) is 4.05. The molecular formula is C29H35N3O4. The Labute approximate surface area is 212 Å². The molecular weight excluding hydrogens is 454 g/mol. The van der Waals surface area contributed by atoms with Gasteiger partial charge in [0.2, 0.25) is 5.88 Å². The normalized spacial score (nSPS) is 12.4. The summed E-state index contributed by atoms with van der Waals surface area (Å²) in [6.07, 6.45) is 1.07. The van der Waals surface area contributed by atoms with Gasteiger partial charge in [0.05, 0.1) is 48.6 Å². The van der Waals surface area contributed by atoms with Gasteiger partial charge in [0, 0.05) is 13.1 Å². The van der Waals surface area contributed by atoms with Crippen LogP contribution in [0.5, 0.6) is 11.6 Å². The third-order valence-corrected chi connectivity index (χ3v) is 5.77. The first kappa shape index (κ1) is 25.7. The Morgan fingerprint density at radius 1 is 1.00 bits per heavy atom. The minimum absolute atomic E-state index is 0.0545. The fourth-order valence-electron chi connectivity index (χ4n) is 4.05. The van der Waals surface area contributed by atoms with Crippen LogP contribution in [0.15, 0.2) is 77.4 Å². The second-order valence-corrected chi connectivity index (χ2v) is 9.32. The van der Waals surface area contributed by atoms with Crippen molar-refractivity contribution in [3.05, 3.63) is 95.6 Å². The summed E-state index contributed by atoms with van der Waals surface area (Å²) in [6.45, 7) is 9.67. The van der Waals surface area contributed by atoms with Crippen LogP contribution in [0.2, 0.25) is 0 Å². The highest BCUT2D eigenvalue weighted by Crippen LogP contribution is 2.32. The fraction of sp³-hybridized carbons (Fsp3) is 0.345. The molecule has 0 bridgehead atoms. The lowest BCUT2D eigenvalue weighted by Crippen LogP contribution is -2.35. The van der Waals surface area contributed by atoms with E-state index in [-0.39, 0.29) is 12.7 Å². The Hall–Kier alpha value is -3.39. The Morgan fingerprint density at radius 2 is 1.81 bits per heavy atom. The van der Waals surface area contributed by atoms with Crippen molar-refractivity contribution in [1.29, 1.82) is 0 Å². The number of aliphatic hydroxyl groups is 1. The van der Waals surface area contributed by atoms with Crippen molar-refractivity contribution >= 4 is 0 Å². The van der Waals surface area contributed by atoms with Crippen molar-refractivity contribution in [2.24, 2.45) is 0 Å². The summed E-state index contributed by atoms with van der Waals surface area (Å²) < 4.78 is 19.6. The molecule has 0 aliphatic heterocycles. The zero-order valence-corrected chi connectivity index (χ0v) is 21.4. The summed E-state index contributed by atoms with van der Waals surface area (Å²) >= 11 is 0. The summed E-state index contributed by atoms with van der Waals surface area (Å²) in [4.78, 5) is 2.13. The molecule has 0 radical (unpaired) electrons. The number of ether oxygens (including phenoxy) is 2. The average Bonchev–Trinajstić information content (AvgIpc) is 3.47. The SMILES string of the molecule is Cc1cccc(Oc2c(CN(Cc3ccco3)C[C@H](O)COC(C)C)c(C)nn2-c2ccccc2)c1. The molecule has 7 heteroatoms. The maximum absolute atomic E-state index is 10.7. The van der Waals surface area contributed by atoms with Crippen molar-refractivity contribution in [1.82, 2.24) is 14.7 Å². The van der Waals surface area contributed by atoms with E-state index in [1.165, 1.54) is 0 Å². The molecule has 7 nitrogen and oxygen atoms in total. The molecule has 36 heavy (non-hydrogen) atoms. The number of furan rings is 1. The first-order chi connectivity index (χ1) is 17.4. The summed E-state index contributed by atoms with van der Waals surface area (Å²) in [5, 5.41) is 15.6. The number of hydrogen-bond acceptors (Lipinski definition) is 6. The molecule has 0 saturated carbocycles. The van der Waals surface area contributed by atoms with Gasteiger partial charge < -0.3 is 19.0 Å². The number of hydrogen-bond donors (Lipinski definition) is 1. The third-order valence-electron chi connectivity index (χ3n) is 5.77. The van der Waals surface area contributed by atoms with Crippen molar-refractivity contribution in [2.45, 2.75) is 53.0 Å². The quantitative estimate of drug-likeness (QED) is 0.277. The lowest BCUT2D eigenvalue weighted by Gasteiger charge is -2.25. The molecule has 0 unspecified atom stereocenters. The number of rotatable bonds is 12. The number of para-hydroxylation sites is 1. The van der Waals surface area contributed by atoms with Crippen LogP contribution in [0.3, 0.4) is 0 Å². The van der Waals surface area contributed by atoms with E-state index in [1.54, 1.807) is 6.26 Å². The van der Waals surface area contributed by atoms with E-state index in [9.17, 15) is 5.11 Å². The molecule has 0 aliphatic rings. The first-order valence-electron chi connectivity index (χ1n) is 12.3. The molecule has 0 saturated heterocycles. The van der Waals surface area contributed by atoms with Gasteiger partial charge in [0.25, 0.3) is 0 Å². The van der Waals surface area contributed by atoms with Crippen molar-refractivity contribution in [3.63, 3.8) is 0 Å². The Kier molecular flexibility index (Phi) is 8.59. The molecule has 1 N–H and O–H groups in total. The lowest BCUT2D eigenvalue weighted by atomic mass is 10.2. The highest BCUT2D eigenvalue weighted by molar-refractivity contribution is 5.43. The van der Waals surface area contributed by atoms with E-state index in [4.69, 9.17) is 19.0 Å². The largest absolute Gasteiger partial charge is 0.468 e. The van der Waals surface area contributed by atoms with Crippen molar-refractivity contribution < 1.29 is 19.0 Å². The highest BCUT2D eigenvalue weighted by Gasteiger charge is 2.23. The van der Waals surface area contributed by atoms with Gasteiger partial charge in [-0.3, -0.25) is 4.90 Å². The number of aliphatic hydroxyl groups excluding tert-OH is 1. The predicted octanol–water partition coefficient (Wildman–Crippen LogP) is 5.66. The minimum Gasteiger partial charge on any atom is -0.468 e. The van der Waals surface area contributed by atoms with Crippen LogP contribution in [-0.4, -0.2) is 45.1 Å². The Bertz CT molecular complexity index is 1220. The average molecular weight is 490 g/mol. The Balaban J connectivity index is 1.67. The van der Waals surface area contributed by atoms with Crippen molar-refractivity contribution in [3.8, 4) is 17.3 Å². The summed E-state index contributed by atoms with van der Waals surface area (Å²) in [5.74, 6) is 2.22. The standard InChI is InChI=1S/C29H35N3O4/c1-21(2)35-20-25(33)17-31(18-27-14-9-15-34-27)19-28-23(4)30-32(24-11-6-5-7-12-24)29(28)36-26-13-8-10-22(3)16-26/h5-16,21,25,33H,17-20H2,1-4H3/t25-/m0/s1. The van der Waals surface area contributed by atoms with E-state index < -0.39 is 6.10 Å². The van der Waals surface area contributed by atoms with Crippen molar-refractivity contribution in [2.75, 3.05) is 13.2 Å². The topological polar surface area (TPSA) is 72.9 Å². The van der Waals surface area contributed by atoms with Crippen LogP contribution in [0.4, 0.5) is 0 Å². The lowest BCUT2D eigenvalue weighted by molar-refractivity contribution is -0.0114. The number of aryl methyl sites for hydroxylation is 2. The van der Waals surface area contributed by atoms with Gasteiger partial charge in [-0.1, -0.05) is 30.3 Å². The van der Waals surface area contributed by atoms with Crippen LogP contribution in [0, 0.1) is 13.8 Å². The van der Waals surface area contributed by atoms with E-state index in [2.05, 4.69) is 4.90 Å². The minimum atomic E-state index is -0.645. The summed E-state index contributed by atoms with van der Waals surface area (Å²) in [6, 6.07) is 21.7.